The maximum absolute atomic E-state index is 12.5. The molecule has 0 bridgehead atoms. The molecule has 2 aromatic rings. The summed E-state index contributed by atoms with van der Waals surface area (Å²) < 4.78 is 0. The second-order valence-electron chi connectivity index (χ2n) is 5.90. The van der Waals surface area contributed by atoms with E-state index in [1.54, 1.807) is 6.20 Å². The topological polar surface area (TPSA) is 78.1 Å². The first-order chi connectivity index (χ1) is 11.6. The Kier molecular flexibility index (Phi) is 5.15. The maximum atomic E-state index is 12.5. The highest BCUT2D eigenvalue weighted by molar-refractivity contribution is 6.31. The van der Waals surface area contributed by atoms with Gasteiger partial charge in [-0.25, -0.2) is 5.10 Å². The van der Waals surface area contributed by atoms with E-state index in [1.807, 2.05) is 29.2 Å². The zero-order valence-corrected chi connectivity index (χ0v) is 13.9. The third-order valence-corrected chi connectivity index (χ3v) is 4.59. The number of rotatable bonds is 4. The molecule has 0 radical (unpaired) electrons. The number of H-pyrrole nitrogens is 1. The van der Waals surface area contributed by atoms with Crippen molar-refractivity contribution in [2.45, 2.75) is 19.4 Å². The van der Waals surface area contributed by atoms with Gasteiger partial charge >= 0.3 is 0 Å². The van der Waals surface area contributed by atoms with Gasteiger partial charge in [-0.15, -0.1) is 0 Å². The number of nitrogens with one attached hydrogen (secondary N) is 2. The number of amides is 1. The number of hydrogen-bond acceptors (Lipinski definition) is 4. The predicted molar refractivity (Wildman–Crippen MR) is 93.1 cm³/mol. The van der Waals surface area contributed by atoms with E-state index in [4.69, 9.17) is 11.6 Å². The summed E-state index contributed by atoms with van der Waals surface area (Å²) in [5, 5.41) is 9.80. The van der Waals surface area contributed by atoms with Crippen molar-refractivity contribution in [1.82, 2.24) is 15.5 Å². The molecule has 24 heavy (non-hydrogen) atoms. The van der Waals surface area contributed by atoms with E-state index in [2.05, 4.69) is 15.5 Å². The zero-order chi connectivity index (χ0) is 16.9. The minimum Gasteiger partial charge on any atom is -0.369 e. The molecule has 0 saturated carbocycles. The Morgan fingerprint density at radius 3 is 3.04 bits per heavy atom. The minimum atomic E-state index is -0.238. The Morgan fingerprint density at radius 2 is 2.25 bits per heavy atom. The Bertz CT molecular complexity index is 777. The van der Waals surface area contributed by atoms with Crippen LogP contribution in [-0.2, 0) is 11.3 Å². The second-order valence-corrected chi connectivity index (χ2v) is 6.31. The van der Waals surface area contributed by atoms with Gasteiger partial charge in [0.05, 0.1) is 17.8 Å². The summed E-state index contributed by atoms with van der Waals surface area (Å²) in [5.41, 5.74) is 1.42. The molecule has 1 aromatic heterocycles. The number of nitrogens with zero attached hydrogens (tertiary/aromatic N) is 2. The number of hydrogen-bond donors (Lipinski definition) is 2. The molecule has 126 valence electrons. The van der Waals surface area contributed by atoms with Gasteiger partial charge in [0.25, 0.3) is 5.56 Å². The molecule has 7 heteroatoms. The lowest BCUT2D eigenvalue weighted by Crippen LogP contribution is -2.43. The van der Waals surface area contributed by atoms with Crippen LogP contribution in [0.3, 0.4) is 0 Å². The number of aromatic nitrogens is 2. The molecule has 1 atom stereocenters. The standard InChI is InChI=1S/C17H19ClN4O2/c18-15-6-2-1-4-12(15)9-19-17(24)13-5-3-7-22(11-13)14-8-16(23)21-20-10-14/h1-2,4,6,8,10,13H,3,5,7,9,11H2,(H,19,24)(H,21,23)/t13-/m1/s1. The van der Waals surface area contributed by atoms with E-state index in [0.717, 1.165) is 30.6 Å². The molecule has 0 aliphatic carbocycles. The van der Waals surface area contributed by atoms with E-state index >= 15 is 0 Å². The molecular formula is C17H19ClN4O2. The van der Waals surface area contributed by atoms with Crippen molar-refractivity contribution in [2.24, 2.45) is 5.92 Å². The van der Waals surface area contributed by atoms with Crippen LogP contribution in [0.1, 0.15) is 18.4 Å². The average molecular weight is 347 g/mol. The first kappa shape index (κ1) is 16.5. The quantitative estimate of drug-likeness (QED) is 0.887. The molecule has 1 amide bonds. The van der Waals surface area contributed by atoms with Crippen LogP contribution in [0.4, 0.5) is 5.69 Å². The number of aromatic amines is 1. The SMILES string of the molecule is O=C(NCc1ccccc1Cl)[C@@H]1CCCN(c2cn[nH]c(=O)c2)C1. The van der Waals surface area contributed by atoms with Crippen molar-refractivity contribution in [3.63, 3.8) is 0 Å². The Hall–Kier alpha value is -2.34. The highest BCUT2D eigenvalue weighted by Crippen LogP contribution is 2.22. The number of anilines is 1. The van der Waals surface area contributed by atoms with Gasteiger partial charge in [0.15, 0.2) is 0 Å². The van der Waals surface area contributed by atoms with Crippen LogP contribution in [0.25, 0.3) is 0 Å². The molecule has 2 N–H and O–H groups in total. The molecule has 1 aromatic carbocycles. The van der Waals surface area contributed by atoms with Crippen molar-refractivity contribution in [3.05, 3.63) is 57.5 Å². The van der Waals surface area contributed by atoms with Crippen molar-refractivity contribution in [3.8, 4) is 0 Å². The predicted octanol–water partition coefficient (Wildman–Crippen LogP) is 1.96. The van der Waals surface area contributed by atoms with Crippen LogP contribution in [0.5, 0.6) is 0 Å². The molecule has 0 spiro atoms. The van der Waals surface area contributed by atoms with Gasteiger partial charge in [-0.3, -0.25) is 9.59 Å². The molecule has 1 fully saturated rings. The molecule has 0 unspecified atom stereocenters. The van der Waals surface area contributed by atoms with Gasteiger partial charge in [0.2, 0.25) is 5.91 Å². The van der Waals surface area contributed by atoms with Gasteiger partial charge in [-0.2, -0.15) is 5.10 Å². The van der Waals surface area contributed by atoms with Crippen molar-refractivity contribution < 1.29 is 4.79 Å². The van der Waals surface area contributed by atoms with E-state index < -0.39 is 0 Å². The molecule has 1 saturated heterocycles. The molecule has 1 aliphatic heterocycles. The van der Waals surface area contributed by atoms with Crippen LogP contribution >= 0.6 is 11.6 Å². The Labute approximate surface area is 144 Å². The summed E-state index contributed by atoms with van der Waals surface area (Å²) in [4.78, 5) is 25.9. The van der Waals surface area contributed by atoms with Gasteiger partial charge < -0.3 is 10.2 Å². The summed E-state index contributed by atoms with van der Waals surface area (Å²) in [5.74, 6) is -0.0991. The number of piperidine rings is 1. The van der Waals surface area contributed by atoms with Gasteiger partial charge in [0, 0.05) is 30.7 Å². The molecule has 3 rings (SSSR count). The van der Waals surface area contributed by atoms with Crippen LogP contribution in [-0.4, -0.2) is 29.2 Å². The van der Waals surface area contributed by atoms with Crippen LogP contribution in [0.15, 0.2) is 41.3 Å². The summed E-state index contributed by atoms with van der Waals surface area (Å²) in [6.07, 6.45) is 3.35. The number of benzene rings is 1. The van der Waals surface area contributed by atoms with E-state index in [0.29, 0.717) is 18.1 Å². The normalized spacial score (nSPS) is 17.5. The zero-order valence-electron chi connectivity index (χ0n) is 13.2. The van der Waals surface area contributed by atoms with Crippen molar-refractivity contribution in [1.29, 1.82) is 0 Å². The maximum Gasteiger partial charge on any atom is 0.266 e. The van der Waals surface area contributed by atoms with Crippen molar-refractivity contribution >= 4 is 23.2 Å². The Balaban J connectivity index is 1.61. The van der Waals surface area contributed by atoms with Gasteiger partial charge in [0.1, 0.15) is 0 Å². The van der Waals surface area contributed by atoms with Gasteiger partial charge in [-0.1, -0.05) is 29.8 Å². The first-order valence-electron chi connectivity index (χ1n) is 7.94. The number of carbonyl (C=O) groups excluding carboxylic acids is 1. The lowest BCUT2D eigenvalue weighted by molar-refractivity contribution is -0.125. The highest BCUT2D eigenvalue weighted by Gasteiger charge is 2.26. The molecule has 6 nitrogen and oxygen atoms in total. The fourth-order valence-electron chi connectivity index (χ4n) is 2.93. The Morgan fingerprint density at radius 1 is 1.42 bits per heavy atom. The minimum absolute atomic E-state index is 0.0115. The fraction of sp³-hybridized carbons (Fsp3) is 0.353. The second kappa shape index (κ2) is 7.49. The number of carbonyl (C=O) groups is 1. The molecular weight excluding hydrogens is 328 g/mol. The lowest BCUT2D eigenvalue weighted by atomic mass is 9.96. The fourth-order valence-corrected chi connectivity index (χ4v) is 3.14. The van der Waals surface area contributed by atoms with E-state index in [1.165, 1.54) is 6.07 Å². The van der Waals surface area contributed by atoms with Crippen molar-refractivity contribution in [2.75, 3.05) is 18.0 Å². The van der Waals surface area contributed by atoms with Crippen LogP contribution in [0.2, 0.25) is 5.02 Å². The molecule has 1 aliphatic rings. The average Bonchev–Trinajstić information content (AvgIpc) is 2.61. The first-order valence-corrected chi connectivity index (χ1v) is 8.32. The van der Waals surface area contributed by atoms with E-state index in [-0.39, 0.29) is 17.4 Å². The third kappa shape index (κ3) is 3.94. The summed E-state index contributed by atoms with van der Waals surface area (Å²) in [6, 6.07) is 8.98. The number of halogens is 1. The lowest BCUT2D eigenvalue weighted by Gasteiger charge is -2.33. The van der Waals surface area contributed by atoms with Crippen LogP contribution < -0.4 is 15.8 Å². The molecule has 2 heterocycles. The summed E-state index contributed by atoms with van der Waals surface area (Å²) >= 11 is 6.11. The summed E-state index contributed by atoms with van der Waals surface area (Å²) in [6.45, 7) is 1.82. The van der Waals surface area contributed by atoms with Gasteiger partial charge in [-0.05, 0) is 24.5 Å². The van der Waals surface area contributed by atoms with Crippen LogP contribution in [0, 0.1) is 5.92 Å². The monoisotopic (exact) mass is 346 g/mol. The largest absolute Gasteiger partial charge is 0.369 e. The summed E-state index contributed by atoms with van der Waals surface area (Å²) in [7, 11) is 0. The highest BCUT2D eigenvalue weighted by atomic mass is 35.5. The van der Waals surface area contributed by atoms with E-state index in [9.17, 15) is 9.59 Å². The smallest absolute Gasteiger partial charge is 0.266 e. The third-order valence-electron chi connectivity index (χ3n) is 4.22.